The summed E-state index contributed by atoms with van der Waals surface area (Å²) in [6.45, 7) is 2.16. The van der Waals surface area contributed by atoms with Gasteiger partial charge in [0.25, 0.3) is 0 Å². The normalized spacial score (nSPS) is 13.2. The molecule has 2 rings (SSSR count). The van der Waals surface area contributed by atoms with Crippen molar-refractivity contribution >= 4 is 24.1 Å². The number of benzene rings is 1. The van der Waals surface area contributed by atoms with E-state index in [1.165, 1.54) is 9.82 Å². The summed E-state index contributed by atoms with van der Waals surface area (Å²) in [6, 6.07) is 6.27. The zero-order chi connectivity index (χ0) is 10.8. The van der Waals surface area contributed by atoms with E-state index >= 15 is 0 Å². The second-order valence-electron chi connectivity index (χ2n) is 3.81. The number of phenols is 1. The molecule has 0 aliphatic rings. The number of nitrogens with one attached hydrogen (secondary N) is 1. The minimum atomic E-state index is 0.400. The average molecular weight is 268 g/mol. The predicted octanol–water partition coefficient (Wildman–Crippen LogP) is 1.75. The Labute approximate surface area is 95.7 Å². The molecule has 2 nitrogen and oxygen atoms in total. The third kappa shape index (κ3) is 2.10. The van der Waals surface area contributed by atoms with Crippen LogP contribution in [-0.4, -0.2) is 32.7 Å². The summed E-state index contributed by atoms with van der Waals surface area (Å²) in [5.74, 6) is 0.432. The van der Waals surface area contributed by atoms with Gasteiger partial charge in [0.1, 0.15) is 0 Å². The summed E-state index contributed by atoms with van der Waals surface area (Å²) < 4.78 is 1.31. The summed E-state index contributed by atoms with van der Waals surface area (Å²) in [5, 5.41) is 14.1. The Hall–Kier alpha value is -0.761. The van der Waals surface area contributed by atoms with Gasteiger partial charge in [-0.2, -0.15) is 0 Å². The van der Waals surface area contributed by atoms with E-state index in [2.05, 4.69) is 23.2 Å². The third-order valence-electron chi connectivity index (χ3n) is 2.67. The van der Waals surface area contributed by atoms with Crippen LogP contribution in [0.1, 0.15) is 12.5 Å². The fourth-order valence-corrected chi connectivity index (χ4v) is 3.80. The molecule has 1 atom stereocenters. The Morgan fingerprint density at radius 3 is 3.00 bits per heavy atom. The van der Waals surface area contributed by atoms with E-state index in [9.17, 15) is 5.11 Å². The fourth-order valence-electron chi connectivity index (χ4n) is 1.72. The van der Waals surface area contributed by atoms with Gasteiger partial charge in [-0.15, -0.1) is 0 Å². The quantitative estimate of drug-likeness (QED) is 0.831. The molecule has 1 aromatic carbocycles. The molecule has 0 amide bonds. The molecule has 0 spiro atoms. The van der Waals surface area contributed by atoms with Crippen molar-refractivity contribution in [3.63, 3.8) is 0 Å². The van der Waals surface area contributed by atoms with Gasteiger partial charge in [0.2, 0.25) is 0 Å². The molecule has 2 aromatic rings. The molecule has 2 N–H and O–H groups in total. The SMILES string of the molecule is CNC(C)Cc1c[se]c2cccc(O)c12. The molecule has 0 saturated carbocycles. The number of hydrogen-bond donors (Lipinski definition) is 2. The number of hydrogen-bond acceptors (Lipinski definition) is 2. The van der Waals surface area contributed by atoms with Gasteiger partial charge in [-0.25, -0.2) is 0 Å². The van der Waals surface area contributed by atoms with E-state index in [1.807, 2.05) is 13.1 Å². The summed E-state index contributed by atoms with van der Waals surface area (Å²) in [5.41, 5.74) is 1.30. The van der Waals surface area contributed by atoms with Crippen molar-refractivity contribution in [3.05, 3.63) is 28.7 Å². The van der Waals surface area contributed by atoms with Crippen molar-refractivity contribution in [1.29, 1.82) is 0 Å². The summed E-state index contributed by atoms with van der Waals surface area (Å²) in [4.78, 5) is 2.28. The van der Waals surface area contributed by atoms with Crippen molar-refractivity contribution in [3.8, 4) is 5.75 Å². The van der Waals surface area contributed by atoms with Crippen LogP contribution in [0, 0.1) is 0 Å². The number of fused-ring (bicyclic) bond motifs is 1. The zero-order valence-corrected chi connectivity index (χ0v) is 10.7. The Morgan fingerprint density at radius 2 is 2.27 bits per heavy atom. The molecule has 0 aliphatic heterocycles. The summed E-state index contributed by atoms with van der Waals surface area (Å²) in [7, 11) is 1.97. The van der Waals surface area contributed by atoms with Crippen LogP contribution in [-0.2, 0) is 6.42 Å². The van der Waals surface area contributed by atoms with Crippen LogP contribution in [0.2, 0.25) is 0 Å². The number of aromatic hydroxyl groups is 1. The van der Waals surface area contributed by atoms with Gasteiger partial charge in [0.05, 0.1) is 0 Å². The predicted molar refractivity (Wildman–Crippen MR) is 64.8 cm³/mol. The van der Waals surface area contributed by atoms with Crippen molar-refractivity contribution in [2.75, 3.05) is 7.05 Å². The van der Waals surface area contributed by atoms with Crippen LogP contribution in [0.15, 0.2) is 23.1 Å². The van der Waals surface area contributed by atoms with Crippen LogP contribution >= 0.6 is 0 Å². The molecule has 3 heteroatoms. The van der Waals surface area contributed by atoms with Gasteiger partial charge in [-0.05, 0) is 0 Å². The maximum absolute atomic E-state index is 9.84. The second kappa shape index (κ2) is 4.40. The number of rotatable bonds is 3. The maximum atomic E-state index is 9.84. The Morgan fingerprint density at radius 1 is 1.47 bits per heavy atom. The molecule has 0 fully saturated rings. The first kappa shape index (κ1) is 10.7. The molecular formula is C12H15NOSe. The number of likely N-dealkylation sites (N-methyl/N-ethyl adjacent to an activating group) is 1. The molecule has 80 valence electrons. The molecule has 0 radical (unpaired) electrons. The van der Waals surface area contributed by atoms with Gasteiger partial charge >= 0.3 is 95.5 Å². The van der Waals surface area contributed by atoms with Crippen molar-refractivity contribution in [1.82, 2.24) is 5.32 Å². The first-order valence-electron chi connectivity index (χ1n) is 5.07. The van der Waals surface area contributed by atoms with Gasteiger partial charge < -0.3 is 0 Å². The van der Waals surface area contributed by atoms with Gasteiger partial charge in [-0.1, -0.05) is 0 Å². The molecule has 1 aromatic heterocycles. The molecular weight excluding hydrogens is 253 g/mol. The van der Waals surface area contributed by atoms with E-state index in [-0.39, 0.29) is 0 Å². The van der Waals surface area contributed by atoms with Crippen LogP contribution in [0.25, 0.3) is 9.65 Å². The van der Waals surface area contributed by atoms with E-state index in [0.29, 0.717) is 26.3 Å². The topological polar surface area (TPSA) is 32.3 Å². The number of phenolic OH excluding ortho intramolecular Hbond substituents is 1. The van der Waals surface area contributed by atoms with Crippen molar-refractivity contribution < 1.29 is 5.11 Å². The van der Waals surface area contributed by atoms with Crippen LogP contribution in [0.4, 0.5) is 0 Å². The van der Waals surface area contributed by atoms with Crippen LogP contribution in [0.5, 0.6) is 5.75 Å². The summed E-state index contributed by atoms with van der Waals surface area (Å²) >= 11 is 0.400. The van der Waals surface area contributed by atoms with Crippen LogP contribution < -0.4 is 5.32 Å². The fraction of sp³-hybridized carbons (Fsp3) is 0.333. The molecule has 1 unspecified atom stereocenters. The van der Waals surface area contributed by atoms with Crippen LogP contribution in [0.3, 0.4) is 0 Å². The van der Waals surface area contributed by atoms with Crippen molar-refractivity contribution in [2.45, 2.75) is 19.4 Å². The summed E-state index contributed by atoms with van der Waals surface area (Å²) in [6.07, 6.45) is 0.989. The van der Waals surface area contributed by atoms with Gasteiger partial charge in [-0.3, -0.25) is 0 Å². The Bertz CT molecular complexity index is 464. The average Bonchev–Trinajstić information content (AvgIpc) is 2.63. The van der Waals surface area contributed by atoms with E-state index in [4.69, 9.17) is 0 Å². The minimum absolute atomic E-state index is 0.400. The van der Waals surface area contributed by atoms with E-state index in [1.54, 1.807) is 6.07 Å². The zero-order valence-electron chi connectivity index (χ0n) is 8.95. The van der Waals surface area contributed by atoms with E-state index in [0.717, 1.165) is 11.8 Å². The Kier molecular flexibility index (Phi) is 3.15. The molecule has 1 heterocycles. The molecule has 0 aliphatic carbocycles. The monoisotopic (exact) mass is 269 g/mol. The van der Waals surface area contributed by atoms with Crippen molar-refractivity contribution in [2.24, 2.45) is 0 Å². The third-order valence-corrected chi connectivity index (χ3v) is 4.76. The van der Waals surface area contributed by atoms with Gasteiger partial charge in [0, 0.05) is 0 Å². The van der Waals surface area contributed by atoms with Gasteiger partial charge in [0.15, 0.2) is 0 Å². The Balaban J connectivity index is 2.43. The molecule has 0 saturated heterocycles. The molecule has 0 bridgehead atoms. The first-order chi connectivity index (χ1) is 7.22. The molecule has 15 heavy (non-hydrogen) atoms. The standard InChI is InChI=1S/C12H15NOSe/c1-8(13-2)6-9-7-15-11-5-3-4-10(14)12(9)11/h3-5,7-8,13-14H,6H2,1-2H3. The second-order valence-corrected chi connectivity index (χ2v) is 5.72. The first-order valence-corrected chi connectivity index (χ1v) is 6.92. The van der Waals surface area contributed by atoms with E-state index < -0.39 is 0 Å².